The average molecular weight is 278 g/mol. The Bertz CT molecular complexity index is 482. The number of aliphatic carboxylic acids is 1. The van der Waals surface area contributed by atoms with Gasteiger partial charge in [-0.05, 0) is 31.4 Å². The molecule has 0 bridgehead atoms. The van der Waals surface area contributed by atoms with E-state index in [1.807, 2.05) is 39.0 Å². The molecule has 1 rings (SSSR count). The molecule has 0 aliphatic carbocycles. The molecular formula is C15H22N2O3. The molecule has 0 radical (unpaired) electrons. The number of aryl methyl sites for hydroxylation is 1. The number of benzene rings is 1. The summed E-state index contributed by atoms with van der Waals surface area (Å²) in [6, 6.07) is 7.05. The summed E-state index contributed by atoms with van der Waals surface area (Å²) in [6.45, 7) is 5.65. The lowest BCUT2D eigenvalue weighted by molar-refractivity contribution is -0.149. The lowest BCUT2D eigenvalue weighted by atomic mass is 9.82. The van der Waals surface area contributed by atoms with Crippen molar-refractivity contribution in [1.82, 2.24) is 5.32 Å². The van der Waals surface area contributed by atoms with Gasteiger partial charge in [0.1, 0.15) is 0 Å². The molecule has 0 fully saturated rings. The van der Waals surface area contributed by atoms with E-state index in [9.17, 15) is 14.7 Å². The van der Waals surface area contributed by atoms with Gasteiger partial charge < -0.3 is 15.7 Å². The first-order chi connectivity index (χ1) is 9.45. The second-order valence-corrected chi connectivity index (χ2v) is 4.92. The smallest absolute Gasteiger partial charge is 0.319 e. The van der Waals surface area contributed by atoms with E-state index in [0.717, 1.165) is 11.3 Å². The van der Waals surface area contributed by atoms with Gasteiger partial charge in [0.2, 0.25) is 0 Å². The maximum atomic E-state index is 11.9. The van der Waals surface area contributed by atoms with Gasteiger partial charge in [-0.3, -0.25) is 4.79 Å². The second kappa shape index (κ2) is 6.93. The van der Waals surface area contributed by atoms with Gasteiger partial charge in [-0.25, -0.2) is 4.79 Å². The van der Waals surface area contributed by atoms with E-state index in [1.165, 1.54) is 0 Å². The van der Waals surface area contributed by atoms with Crippen LogP contribution in [-0.2, 0) is 4.79 Å². The first-order valence-electron chi connectivity index (χ1n) is 6.79. The van der Waals surface area contributed by atoms with Gasteiger partial charge in [-0.2, -0.15) is 0 Å². The van der Waals surface area contributed by atoms with E-state index in [2.05, 4.69) is 10.6 Å². The van der Waals surface area contributed by atoms with Gasteiger partial charge in [0, 0.05) is 12.2 Å². The fourth-order valence-electron chi connectivity index (χ4n) is 2.01. The Kier molecular flexibility index (Phi) is 5.55. The van der Waals surface area contributed by atoms with Crippen molar-refractivity contribution in [3.63, 3.8) is 0 Å². The van der Waals surface area contributed by atoms with Gasteiger partial charge in [0.15, 0.2) is 0 Å². The summed E-state index contributed by atoms with van der Waals surface area (Å²) in [5.74, 6) is -0.876. The van der Waals surface area contributed by atoms with E-state index in [1.54, 1.807) is 6.07 Å². The SMILES string of the molecule is CCC(CC)(CNC(=O)Nc1ccccc1C)C(=O)O. The zero-order valence-electron chi connectivity index (χ0n) is 12.2. The number of carboxylic acid groups (broad SMARTS) is 1. The number of nitrogens with one attached hydrogen (secondary N) is 2. The molecule has 0 atom stereocenters. The third-order valence-electron chi connectivity index (χ3n) is 3.79. The maximum Gasteiger partial charge on any atom is 0.319 e. The normalized spacial score (nSPS) is 10.9. The summed E-state index contributed by atoms with van der Waals surface area (Å²) in [6.07, 6.45) is 0.951. The monoisotopic (exact) mass is 278 g/mol. The van der Waals surface area contributed by atoms with Gasteiger partial charge in [-0.1, -0.05) is 32.0 Å². The Morgan fingerprint density at radius 3 is 2.30 bits per heavy atom. The highest BCUT2D eigenvalue weighted by molar-refractivity contribution is 5.90. The molecule has 0 aliphatic heterocycles. The molecule has 0 unspecified atom stereocenters. The van der Waals surface area contributed by atoms with Crippen LogP contribution in [0.4, 0.5) is 10.5 Å². The summed E-state index contributed by atoms with van der Waals surface area (Å²) in [7, 11) is 0. The number of carboxylic acids is 1. The van der Waals surface area contributed by atoms with Crippen LogP contribution in [0.5, 0.6) is 0 Å². The van der Waals surface area contributed by atoms with Crippen LogP contribution < -0.4 is 10.6 Å². The number of hydrogen-bond acceptors (Lipinski definition) is 2. The molecule has 0 aliphatic rings. The molecule has 0 saturated heterocycles. The van der Waals surface area contributed by atoms with Crippen molar-refractivity contribution in [2.24, 2.45) is 5.41 Å². The average Bonchev–Trinajstić information content (AvgIpc) is 2.43. The molecule has 5 nitrogen and oxygen atoms in total. The van der Waals surface area contributed by atoms with Crippen molar-refractivity contribution in [2.45, 2.75) is 33.6 Å². The van der Waals surface area contributed by atoms with Crippen molar-refractivity contribution >= 4 is 17.7 Å². The van der Waals surface area contributed by atoms with E-state index in [-0.39, 0.29) is 12.6 Å². The zero-order chi connectivity index (χ0) is 15.2. The molecule has 5 heteroatoms. The van der Waals surface area contributed by atoms with Crippen LogP contribution in [-0.4, -0.2) is 23.7 Å². The highest BCUT2D eigenvalue weighted by Gasteiger charge is 2.35. The molecule has 0 spiro atoms. The molecule has 110 valence electrons. The quantitative estimate of drug-likeness (QED) is 0.748. The second-order valence-electron chi connectivity index (χ2n) is 4.92. The Hall–Kier alpha value is -2.04. The minimum Gasteiger partial charge on any atom is -0.481 e. The summed E-state index contributed by atoms with van der Waals surface area (Å²) in [5.41, 5.74) is 0.778. The van der Waals surface area contributed by atoms with Crippen LogP contribution in [0.1, 0.15) is 32.3 Å². The van der Waals surface area contributed by atoms with Crippen LogP contribution >= 0.6 is 0 Å². The summed E-state index contributed by atoms with van der Waals surface area (Å²) >= 11 is 0. The summed E-state index contributed by atoms with van der Waals surface area (Å²) < 4.78 is 0. The Morgan fingerprint density at radius 1 is 1.20 bits per heavy atom. The third kappa shape index (κ3) is 3.73. The largest absolute Gasteiger partial charge is 0.481 e. The Labute approximate surface area is 119 Å². The van der Waals surface area contributed by atoms with Crippen LogP contribution in [0.3, 0.4) is 0 Å². The van der Waals surface area contributed by atoms with Gasteiger partial charge in [0.25, 0.3) is 0 Å². The highest BCUT2D eigenvalue weighted by Crippen LogP contribution is 2.25. The molecule has 1 aromatic carbocycles. The van der Waals surface area contributed by atoms with E-state index in [0.29, 0.717) is 12.8 Å². The maximum absolute atomic E-state index is 11.9. The number of para-hydroxylation sites is 1. The highest BCUT2D eigenvalue weighted by atomic mass is 16.4. The van der Waals surface area contributed by atoms with Crippen molar-refractivity contribution in [1.29, 1.82) is 0 Å². The molecular weight excluding hydrogens is 256 g/mol. The van der Waals surface area contributed by atoms with Gasteiger partial charge in [-0.15, -0.1) is 0 Å². The van der Waals surface area contributed by atoms with Gasteiger partial charge >= 0.3 is 12.0 Å². The molecule has 0 saturated carbocycles. The molecule has 0 aromatic heterocycles. The first kappa shape index (κ1) is 16.0. The van der Waals surface area contributed by atoms with E-state index < -0.39 is 11.4 Å². The number of hydrogen-bond donors (Lipinski definition) is 3. The lowest BCUT2D eigenvalue weighted by Gasteiger charge is -2.26. The summed E-state index contributed by atoms with van der Waals surface area (Å²) in [4.78, 5) is 23.2. The van der Waals surface area contributed by atoms with Crippen LogP contribution in [0.2, 0.25) is 0 Å². The van der Waals surface area contributed by atoms with Crippen LogP contribution in [0.25, 0.3) is 0 Å². The number of amides is 2. The Balaban J connectivity index is 2.63. The molecule has 2 amide bonds. The van der Waals surface area contributed by atoms with Crippen LogP contribution in [0, 0.1) is 12.3 Å². The third-order valence-corrected chi connectivity index (χ3v) is 3.79. The minimum atomic E-state index is -0.900. The molecule has 0 heterocycles. The molecule has 1 aromatic rings. The van der Waals surface area contributed by atoms with E-state index in [4.69, 9.17) is 0 Å². The predicted octanol–water partition coefficient (Wildman–Crippen LogP) is 3.01. The van der Waals surface area contributed by atoms with E-state index >= 15 is 0 Å². The number of anilines is 1. The standard InChI is InChI=1S/C15H22N2O3/c1-4-15(5-2,13(18)19)10-16-14(20)17-12-9-7-6-8-11(12)3/h6-9H,4-5,10H2,1-3H3,(H,18,19)(H2,16,17,20). The Morgan fingerprint density at radius 2 is 1.80 bits per heavy atom. The first-order valence-corrected chi connectivity index (χ1v) is 6.79. The fraction of sp³-hybridized carbons (Fsp3) is 0.467. The van der Waals surface area contributed by atoms with Gasteiger partial charge in [0.05, 0.1) is 5.41 Å². The lowest BCUT2D eigenvalue weighted by Crippen LogP contribution is -2.43. The van der Waals surface area contributed by atoms with Crippen LogP contribution in [0.15, 0.2) is 24.3 Å². The van der Waals surface area contributed by atoms with Crippen molar-refractivity contribution < 1.29 is 14.7 Å². The number of carbonyl (C=O) groups excluding carboxylic acids is 1. The predicted molar refractivity (Wildman–Crippen MR) is 78.9 cm³/mol. The number of urea groups is 1. The van der Waals surface area contributed by atoms with Crippen molar-refractivity contribution in [3.05, 3.63) is 29.8 Å². The van der Waals surface area contributed by atoms with Crippen molar-refractivity contribution in [2.75, 3.05) is 11.9 Å². The number of carbonyl (C=O) groups is 2. The fourth-order valence-corrected chi connectivity index (χ4v) is 2.01. The molecule has 20 heavy (non-hydrogen) atoms. The summed E-state index contributed by atoms with van der Waals surface area (Å²) in [5, 5.41) is 14.7. The zero-order valence-corrected chi connectivity index (χ0v) is 12.2. The molecule has 3 N–H and O–H groups in total. The van der Waals surface area contributed by atoms with Crippen molar-refractivity contribution in [3.8, 4) is 0 Å². The minimum absolute atomic E-state index is 0.118. The number of rotatable bonds is 6. The topological polar surface area (TPSA) is 78.4 Å².